The van der Waals surface area contributed by atoms with E-state index in [1.165, 1.54) is 25.7 Å². The van der Waals surface area contributed by atoms with Gasteiger partial charge < -0.3 is 9.47 Å². The van der Waals surface area contributed by atoms with E-state index in [-0.39, 0.29) is 11.2 Å². The second-order valence-electron chi connectivity index (χ2n) is 4.90. The molecule has 1 aliphatic carbocycles. The standard InChI is InChI=1S/C11H20O2/c1-9(2)11-6-4-10(12-3,5-7-11)8-13-11/h9H,4-8H2,1-3H3. The number of hydrogen-bond acceptors (Lipinski definition) is 2. The van der Waals surface area contributed by atoms with Crippen molar-refractivity contribution >= 4 is 0 Å². The fourth-order valence-corrected chi connectivity index (χ4v) is 2.70. The lowest BCUT2D eigenvalue weighted by atomic mass is 9.68. The van der Waals surface area contributed by atoms with Crippen LogP contribution in [0, 0.1) is 5.92 Å². The number of rotatable bonds is 2. The molecule has 13 heavy (non-hydrogen) atoms. The summed E-state index contributed by atoms with van der Waals surface area (Å²) in [6.45, 7) is 5.35. The van der Waals surface area contributed by atoms with E-state index in [2.05, 4.69) is 13.8 Å². The van der Waals surface area contributed by atoms with Crippen LogP contribution in [0.4, 0.5) is 0 Å². The SMILES string of the molecule is COC12CCC(C(C)C)(CC1)OC2. The van der Waals surface area contributed by atoms with Crippen LogP contribution in [0.3, 0.4) is 0 Å². The molecular weight excluding hydrogens is 164 g/mol. The zero-order chi connectivity index (χ0) is 9.53. The van der Waals surface area contributed by atoms with E-state index < -0.39 is 0 Å². The Morgan fingerprint density at radius 2 is 1.77 bits per heavy atom. The van der Waals surface area contributed by atoms with Crippen molar-refractivity contribution in [2.24, 2.45) is 5.92 Å². The second kappa shape index (κ2) is 2.96. The fourth-order valence-electron chi connectivity index (χ4n) is 2.70. The maximum absolute atomic E-state index is 6.00. The highest BCUT2D eigenvalue weighted by Crippen LogP contribution is 2.48. The number of ether oxygens (including phenoxy) is 2. The van der Waals surface area contributed by atoms with Gasteiger partial charge in [0.15, 0.2) is 0 Å². The smallest absolute Gasteiger partial charge is 0.0913 e. The Morgan fingerprint density at radius 3 is 2.08 bits per heavy atom. The molecule has 3 fully saturated rings. The Hall–Kier alpha value is -0.0800. The summed E-state index contributed by atoms with van der Waals surface area (Å²) in [5.41, 5.74) is 0.247. The number of methoxy groups -OCH3 is 1. The monoisotopic (exact) mass is 184 g/mol. The first-order valence-corrected chi connectivity index (χ1v) is 5.32. The summed E-state index contributed by atoms with van der Waals surface area (Å²) >= 11 is 0. The molecule has 2 saturated heterocycles. The van der Waals surface area contributed by atoms with Crippen molar-refractivity contribution < 1.29 is 9.47 Å². The van der Waals surface area contributed by atoms with Crippen LogP contribution < -0.4 is 0 Å². The summed E-state index contributed by atoms with van der Waals surface area (Å²) in [6, 6.07) is 0. The predicted octanol–water partition coefficient (Wildman–Crippen LogP) is 2.37. The summed E-state index contributed by atoms with van der Waals surface area (Å²) in [6.07, 6.45) is 4.72. The van der Waals surface area contributed by atoms with Gasteiger partial charge in [0.2, 0.25) is 0 Å². The molecule has 76 valence electrons. The molecule has 0 unspecified atom stereocenters. The average Bonchev–Trinajstić information content (AvgIpc) is 2.20. The molecule has 1 saturated carbocycles. The van der Waals surface area contributed by atoms with Crippen LogP contribution in [0.2, 0.25) is 0 Å². The largest absolute Gasteiger partial charge is 0.376 e. The highest BCUT2D eigenvalue weighted by atomic mass is 16.6. The number of hydrogen-bond donors (Lipinski definition) is 0. The third-order valence-corrected chi connectivity index (χ3v) is 4.12. The summed E-state index contributed by atoms with van der Waals surface area (Å²) in [7, 11) is 1.82. The maximum atomic E-state index is 6.00. The Labute approximate surface area is 80.6 Å². The minimum atomic E-state index is 0.0661. The van der Waals surface area contributed by atoms with Gasteiger partial charge in [0.05, 0.1) is 17.8 Å². The van der Waals surface area contributed by atoms with Gasteiger partial charge in [-0.2, -0.15) is 0 Å². The lowest BCUT2D eigenvalue weighted by Gasteiger charge is -2.54. The lowest BCUT2D eigenvalue weighted by Crippen LogP contribution is -2.57. The van der Waals surface area contributed by atoms with Crippen molar-refractivity contribution in [3.63, 3.8) is 0 Å². The summed E-state index contributed by atoms with van der Waals surface area (Å²) < 4.78 is 11.6. The fraction of sp³-hybridized carbons (Fsp3) is 1.00. The van der Waals surface area contributed by atoms with Crippen molar-refractivity contribution in [3.8, 4) is 0 Å². The summed E-state index contributed by atoms with van der Waals surface area (Å²) in [4.78, 5) is 0. The molecule has 0 amide bonds. The Balaban J connectivity index is 2.11. The first-order valence-electron chi connectivity index (χ1n) is 5.32. The quantitative estimate of drug-likeness (QED) is 0.656. The molecule has 0 spiro atoms. The third kappa shape index (κ3) is 1.31. The van der Waals surface area contributed by atoms with Gasteiger partial charge in [-0.05, 0) is 31.6 Å². The van der Waals surface area contributed by atoms with E-state index in [1.54, 1.807) is 0 Å². The van der Waals surface area contributed by atoms with Gasteiger partial charge >= 0.3 is 0 Å². The molecule has 3 rings (SSSR count). The molecule has 0 aromatic heterocycles. The van der Waals surface area contributed by atoms with Crippen molar-refractivity contribution in [2.75, 3.05) is 13.7 Å². The molecule has 2 nitrogen and oxygen atoms in total. The van der Waals surface area contributed by atoms with Gasteiger partial charge in [-0.1, -0.05) is 13.8 Å². The lowest BCUT2D eigenvalue weighted by molar-refractivity contribution is -0.240. The molecule has 2 aliphatic heterocycles. The highest BCUT2D eigenvalue weighted by molar-refractivity contribution is 5.01. The van der Waals surface area contributed by atoms with Gasteiger partial charge in [0.25, 0.3) is 0 Å². The topological polar surface area (TPSA) is 18.5 Å². The highest BCUT2D eigenvalue weighted by Gasteiger charge is 2.51. The van der Waals surface area contributed by atoms with E-state index in [0.29, 0.717) is 5.92 Å². The molecule has 0 N–H and O–H groups in total. The Kier molecular flexibility index (Phi) is 2.16. The van der Waals surface area contributed by atoms with E-state index in [1.807, 2.05) is 7.11 Å². The van der Waals surface area contributed by atoms with Crippen molar-refractivity contribution in [1.82, 2.24) is 0 Å². The number of fused-ring (bicyclic) bond motifs is 3. The molecule has 0 atom stereocenters. The molecule has 0 radical (unpaired) electrons. The van der Waals surface area contributed by atoms with Gasteiger partial charge in [-0.15, -0.1) is 0 Å². The van der Waals surface area contributed by atoms with Gasteiger partial charge in [0.1, 0.15) is 0 Å². The summed E-state index contributed by atoms with van der Waals surface area (Å²) in [5.74, 6) is 0.641. The van der Waals surface area contributed by atoms with Crippen LogP contribution in [-0.4, -0.2) is 24.9 Å². The Morgan fingerprint density at radius 1 is 1.15 bits per heavy atom. The van der Waals surface area contributed by atoms with E-state index >= 15 is 0 Å². The van der Waals surface area contributed by atoms with Crippen LogP contribution in [0.1, 0.15) is 39.5 Å². The van der Waals surface area contributed by atoms with Crippen LogP contribution >= 0.6 is 0 Å². The first-order chi connectivity index (χ1) is 6.13. The zero-order valence-electron chi connectivity index (χ0n) is 8.93. The molecule has 0 aromatic rings. The molecule has 2 bridgehead atoms. The molecular formula is C11H20O2. The van der Waals surface area contributed by atoms with Crippen molar-refractivity contribution in [1.29, 1.82) is 0 Å². The average molecular weight is 184 g/mol. The van der Waals surface area contributed by atoms with E-state index in [0.717, 1.165) is 6.61 Å². The van der Waals surface area contributed by atoms with Crippen molar-refractivity contribution in [3.05, 3.63) is 0 Å². The first kappa shape index (κ1) is 9.47. The molecule has 2 heterocycles. The normalized spacial score (nSPS) is 44.3. The van der Waals surface area contributed by atoms with Crippen LogP contribution in [-0.2, 0) is 9.47 Å². The van der Waals surface area contributed by atoms with Gasteiger partial charge in [-0.3, -0.25) is 0 Å². The molecule has 0 aromatic carbocycles. The maximum Gasteiger partial charge on any atom is 0.0913 e. The molecule has 2 heteroatoms. The minimum absolute atomic E-state index is 0.0661. The third-order valence-electron chi connectivity index (χ3n) is 4.12. The minimum Gasteiger partial charge on any atom is -0.376 e. The van der Waals surface area contributed by atoms with Crippen molar-refractivity contribution in [2.45, 2.75) is 50.7 Å². The van der Waals surface area contributed by atoms with Gasteiger partial charge in [-0.25, -0.2) is 0 Å². The second-order valence-corrected chi connectivity index (χ2v) is 4.90. The zero-order valence-corrected chi connectivity index (χ0v) is 8.93. The van der Waals surface area contributed by atoms with E-state index in [9.17, 15) is 0 Å². The summed E-state index contributed by atoms with van der Waals surface area (Å²) in [5, 5.41) is 0. The molecule has 3 aliphatic rings. The van der Waals surface area contributed by atoms with E-state index in [4.69, 9.17) is 9.47 Å². The van der Waals surface area contributed by atoms with Crippen LogP contribution in [0.25, 0.3) is 0 Å². The Bertz CT molecular complexity index is 174. The van der Waals surface area contributed by atoms with Crippen LogP contribution in [0.5, 0.6) is 0 Å². The predicted molar refractivity (Wildman–Crippen MR) is 51.7 cm³/mol. The van der Waals surface area contributed by atoms with Gasteiger partial charge in [0, 0.05) is 7.11 Å². The van der Waals surface area contributed by atoms with Crippen LogP contribution in [0.15, 0.2) is 0 Å².